The van der Waals surface area contributed by atoms with Gasteiger partial charge in [-0.2, -0.15) is 0 Å². The number of halogens is 1. The molecule has 0 radical (unpaired) electrons. The van der Waals surface area contributed by atoms with Crippen LogP contribution >= 0.6 is 11.6 Å². The van der Waals surface area contributed by atoms with Gasteiger partial charge < -0.3 is 0 Å². The van der Waals surface area contributed by atoms with E-state index in [-0.39, 0.29) is 11.1 Å². The Kier molecular flexibility index (Phi) is 5.59. The Morgan fingerprint density at radius 1 is 0.647 bits per heavy atom. The molecule has 0 atom stereocenters. The van der Waals surface area contributed by atoms with Crippen molar-refractivity contribution in [3.63, 3.8) is 0 Å². The van der Waals surface area contributed by atoms with Gasteiger partial charge in [0.2, 0.25) is 0 Å². The molecule has 0 unspecified atom stereocenters. The van der Waals surface area contributed by atoms with Crippen LogP contribution in [-0.2, 0) is 0 Å². The molecular weight excluding hydrogens is 448 g/mol. The van der Waals surface area contributed by atoms with Crippen molar-refractivity contribution in [3.8, 4) is 22.5 Å². The summed E-state index contributed by atoms with van der Waals surface area (Å²) in [4.78, 5) is 26.5. The average molecular weight is 471 g/mol. The van der Waals surface area contributed by atoms with Crippen LogP contribution in [0, 0.1) is 13.8 Å². The van der Waals surface area contributed by atoms with Crippen molar-refractivity contribution < 1.29 is 0 Å². The van der Waals surface area contributed by atoms with Gasteiger partial charge in [0, 0.05) is 10.9 Å². The van der Waals surface area contributed by atoms with Crippen molar-refractivity contribution >= 4 is 11.6 Å². The van der Waals surface area contributed by atoms with Gasteiger partial charge in [-0.25, -0.2) is 0 Å². The fourth-order valence-electron chi connectivity index (χ4n) is 4.35. The van der Waals surface area contributed by atoms with Crippen molar-refractivity contribution in [2.75, 3.05) is 0 Å². The van der Waals surface area contributed by atoms with Crippen molar-refractivity contribution in [2.24, 2.45) is 0 Å². The largest absolute Gasteiger partial charge is 0.297 e. The molecule has 0 aliphatic carbocycles. The van der Waals surface area contributed by atoms with Gasteiger partial charge in [-0.1, -0.05) is 83.4 Å². The molecule has 6 nitrogen and oxygen atoms in total. The summed E-state index contributed by atoms with van der Waals surface area (Å²) in [6.07, 6.45) is 0. The zero-order chi connectivity index (χ0) is 23.8. The molecule has 2 heterocycles. The number of nitrogens with one attached hydrogen (secondary N) is 4. The van der Waals surface area contributed by atoms with Crippen LogP contribution in [0.25, 0.3) is 22.5 Å². The quantitative estimate of drug-likeness (QED) is 0.272. The lowest BCUT2D eigenvalue weighted by Gasteiger charge is -2.18. The van der Waals surface area contributed by atoms with E-state index in [0.29, 0.717) is 27.5 Å². The lowest BCUT2D eigenvalue weighted by molar-refractivity contribution is 0.954. The molecule has 0 aliphatic heterocycles. The lowest BCUT2D eigenvalue weighted by atomic mass is 9.83. The fraction of sp³-hybridized carbons (Fsp3) is 0.111. The number of aryl methyl sites for hydroxylation is 2. The number of aromatic nitrogens is 4. The SMILES string of the molecule is Cc1ccc(-c2[nH][nH]c(=O)c2C(c2cccc(Cl)c2)c2c(-c3ccc(C)cc3)[nH][nH]c2=O)cc1. The second-order valence-corrected chi connectivity index (χ2v) is 8.89. The highest BCUT2D eigenvalue weighted by molar-refractivity contribution is 6.30. The number of hydrogen-bond acceptors (Lipinski definition) is 2. The molecule has 170 valence electrons. The molecule has 5 rings (SSSR count). The Bertz CT molecular complexity index is 1470. The molecule has 0 saturated heterocycles. The number of rotatable bonds is 5. The van der Waals surface area contributed by atoms with Crippen molar-refractivity contribution in [3.05, 3.63) is 126 Å². The molecule has 5 aromatic rings. The van der Waals surface area contributed by atoms with E-state index in [4.69, 9.17) is 11.6 Å². The van der Waals surface area contributed by atoms with Crippen LogP contribution < -0.4 is 11.1 Å². The van der Waals surface area contributed by atoms with E-state index in [1.54, 1.807) is 12.1 Å². The Morgan fingerprint density at radius 3 is 1.56 bits per heavy atom. The Labute approximate surface area is 200 Å². The summed E-state index contributed by atoms with van der Waals surface area (Å²) in [6, 6.07) is 23.0. The molecule has 0 bridgehead atoms. The Balaban J connectivity index is 1.80. The average Bonchev–Trinajstić information content (AvgIpc) is 3.39. The van der Waals surface area contributed by atoms with Gasteiger partial charge in [-0.15, -0.1) is 0 Å². The summed E-state index contributed by atoms with van der Waals surface area (Å²) < 4.78 is 0. The summed E-state index contributed by atoms with van der Waals surface area (Å²) in [5.41, 5.74) is 6.21. The third-order valence-electron chi connectivity index (χ3n) is 6.07. The summed E-state index contributed by atoms with van der Waals surface area (Å²) in [7, 11) is 0. The molecule has 4 N–H and O–H groups in total. The van der Waals surface area contributed by atoms with E-state index in [2.05, 4.69) is 20.4 Å². The maximum atomic E-state index is 13.2. The predicted molar refractivity (Wildman–Crippen MR) is 136 cm³/mol. The van der Waals surface area contributed by atoms with E-state index in [9.17, 15) is 9.59 Å². The van der Waals surface area contributed by atoms with Crippen LogP contribution in [0.3, 0.4) is 0 Å². The molecule has 0 spiro atoms. The van der Waals surface area contributed by atoms with E-state index in [1.807, 2.05) is 74.5 Å². The monoisotopic (exact) mass is 470 g/mol. The number of H-pyrrole nitrogens is 4. The first-order valence-electron chi connectivity index (χ1n) is 10.9. The minimum atomic E-state index is -0.670. The molecule has 7 heteroatoms. The minimum absolute atomic E-state index is 0.295. The van der Waals surface area contributed by atoms with Gasteiger partial charge in [0.15, 0.2) is 0 Å². The molecule has 0 saturated carbocycles. The zero-order valence-corrected chi connectivity index (χ0v) is 19.5. The van der Waals surface area contributed by atoms with Crippen molar-refractivity contribution in [1.29, 1.82) is 0 Å². The van der Waals surface area contributed by atoms with Crippen molar-refractivity contribution in [2.45, 2.75) is 19.8 Å². The molecular formula is C27H23ClN4O2. The van der Waals surface area contributed by atoms with E-state index < -0.39 is 5.92 Å². The van der Waals surface area contributed by atoms with Crippen LogP contribution in [0.15, 0.2) is 82.4 Å². The Hall–Kier alpha value is -4.03. The van der Waals surface area contributed by atoms with E-state index >= 15 is 0 Å². The van der Waals surface area contributed by atoms with Crippen LogP contribution in [-0.4, -0.2) is 20.4 Å². The van der Waals surface area contributed by atoms with Gasteiger partial charge >= 0.3 is 0 Å². The predicted octanol–water partition coefficient (Wildman–Crippen LogP) is 5.50. The van der Waals surface area contributed by atoms with Gasteiger partial charge in [0.25, 0.3) is 11.1 Å². The molecule has 0 fully saturated rings. The van der Waals surface area contributed by atoms with Gasteiger partial charge in [-0.05, 0) is 42.7 Å². The van der Waals surface area contributed by atoms with Gasteiger partial charge in [0.05, 0.1) is 22.5 Å². The fourth-order valence-corrected chi connectivity index (χ4v) is 4.54. The smallest absolute Gasteiger partial charge is 0.268 e. The Morgan fingerprint density at radius 2 is 1.12 bits per heavy atom. The first-order chi connectivity index (χ1) is 16.4. The molecule has 34 heavy (non-hydrogen) atoms. The van der Waals surface area contributed by atoms with Crippen LogP contribution in [0.2, 0.25) is 5.02 Å². The third kappa shape index (κ3) is 3.93. The molecule has 0 amide bonds. The number of hydrogen-bond donors (Lipinski definition) is 4. The molecule has 3 aromatic carbocycles. The van der Waals surface area contributed by atoms with Crippen LogP contribution in [0.5, 0.6) is 0 Å². The second-order valence-electron chi connectivity index (χ2n) is 8.46. The first kappa shape index (κ1) is 21.8. The molecule has 2 aromatic heterocycles. The van der Waals surface area contributed by atoms with E-state index in [0.717, 1.165) is 27.8 Å². The lowest BCUT2D eigenvalue weighted by Crippen LogP contribution is -2.20. The van der Waals surface area contributed by atoms with Crippen LogP contribution in [0.1, 0.15) is 33.7 Å². The zero-order valence-electron chi connectivity index (χ0n) is 18.7. The highest BCUT2D eigenvalue weighted by atomic mass is 35.5. The van der Waals surface area contributed by atoms with Gasteiger partial charge in [-0.3, -0.25) is 30.0 Å². The summed E-state index contributed by atoms with van der Waals surface area (Å²) in [5.74, 6) is -0.670. The maximum absolute atomic E-state index is 13.2. The highest BCUT2D eigenvalue weighted by Gasteiger charge is 2.31. The normalized spacial score (nSPS) is 11.3. The van der Waals surface area contributed by atoms with Crippen LogP contribution in [0.4, 0.5) is 0 Å². The second kappa shape index (κ2) is 8.72. The molecule has 0 aliphatic rings. The standard InChI is InChI=1S/C27H23ClN4O2/c1-15-6-10-17(11-7-15)24-22(26(33)31-29-24)21(19-4-3-5-20(28)14-19)23-25(30-32-27(23)34)18-12-8-16(2)9-13-18/h3-14,21H,1-2H3,(H2,29,31,33)(H2,30,32,34). The summed E-state index contributed by atoms with van der Waals surface area (Å²) >= 11 is 6.35. The third-order valence-corrected chi connectivity index (χ3v) is 6.30. The highest BCUT2D eigenvalue weighted by Crippen LogP contribution is 2.38. The van der Waals surface area contributed by atoms with Gasteiger partial charge in [0.1, 0.15) is 0 Å². The number of benzene rings is 3. The minimum Gasteiger partial charge on any atom is -0.297 e. The van der Waals surface area contributed by atoms with E-state index in [1.165, 1.54) is 0 Å². The number of aromatic amines is 4. The summed E-state index contributed by atoms with van der Waals surface area (Å²) in [6.45, 7) is 4.01. The first-order valence-corrected chi connectivity index (χ1v) is 11.3. The van der Waals surface area contributed by atoms with Crippen molar-refractivity contribution in [1.82, 2.24) is 20.4 Å². The topological polar surface area (TPSA) is 97.3 Å². The summed E-state index contributed by atoms with van der Waals surface area (Å²) in [5, 5.41) is 12.0. The maximum Gasteiger partial charge on any atom is 0.268 e.